The fourth-order valence-corrected chi connectivity index (χ4v) is 5.05. The molecule has 3 fully saturated rings. The standard InChI is InChI=1S/C24H28F2N2O2/c25-19-10-21(23(22(26)11-19)29-13-17-4-2-1-3-5-17)18-6-8-28(9-7-18)20-12-24(30-14-20)15-27-16-24/h1-5,10-11,18,20,27H,6-9,12-16H2/t20-/m0/s1. The van der Waals surface area contributed by atoms with Gasteiger partial charge >= 0.3 is 0 Å². The fourth-order valence-electron chi connectivity index (χ4n) is 5.05. The van der Waals surface area contributed by atoms with Crippen LogP contribution in [0.25, 0.3) is 0 Å². The highest BCUT2D eigenvalue weighted by Gasteiger charge is 2.47. The van der Waals surface area contributed by atoms with E-state index < -0.39 is 11.6 Å². The molecule has 3 aliphatic rings. The van der Waals surface area contributed by atoms with Gasteiger partial charge in [0.25, 0.3) is 0 Å². The molecule has 2 aromatic carbocycles. The molecule has 0 unspecified atom stereocenters. The van der Waals surface area contributed by atoms with Crippen LogP contribution < -0.4 is 10.1 Å². The molecule has 30 heavy (non-hydrogen) atoms. The van der Waals surface area contributed by atoms with Crippen LogP contribution in [0.15, 0.2) is 42.5 Å². The summed E-state index contributed by atoms with van der Waals surface area (Å²) in [4.78, 5) is 2.49. The Hall–Kier alpha value is -2.02. The average Bonchev–Trinajstić information content (AvgIpc) is 3.20. The molecule has 1 spiro atoms. The van der Waals surface area contributed by atoms with Crippen LogP contribution in [0.3, 0.4) is 0 Å². The lowest BCUT2D eigenvalue weighted by Gasteiger charge is -2.40. The highest BCUT2D eigenvalue weighted by atomic mass is 19.1. The maximum atomic E-state index is 14.6. The van der Waals surface area contributed by atoms with Gasteiger partial charge in [-0.25, -0.2) is 8.78 Å². The highest BCUT2D eigenvalue weighted by molar-refractivity contribution is 5.39. The zero-order chi connectivity index (χ0) is 20.6. The molecule has 1 atom stereocenters. The van der Waals surface area contributed by atoms with Crippen LogP contribution in [0.2, 0.25) is 0 Å². The number of nitrogens with zero attached hydrogens (tertiary/aromatic N) is 1. The topological polar surface area (TPSA) is 33.7 Å². The summed E-state index contributed by atoms with van der Waals surface area (Å²) in [6, 6.07) is 12.5. The van der Waals surface area contributed by atoms with Crippen LogP contribution in [0.5, 0.6) is 5.75 Å². The average molecular weight is 414 g/mol. The van der Waals surface area contributed by atoms with Crippen molar-refractivity contribution in [3.8, 4) is 5.75 Å². The van der Waals surface area contributed by atoms with Gasteiger partial charge in [0.05, 0.1) is 12.2 Å². The summed E-state index contributed by atoms with van der Waals surface area (Å²) < 4.78 is 40.6. The van der Waals surface area contributed by atoms with Crippen molar-refractivity contribution in [2.75, 3.05) is 32.8 Å². The van der Waals surface area contributed by atoms with Crippen molar-refractivity contribution < 1.29 is 18.3 Å². The van der Waals surface area contributed by atoms with E-state index >= 15 is 0 Å². The molecule has 3 heterocycles. The minimum atomic E-state index is -0.619. The SMILES string of the molecule is Fc1cc(F)c(OCc2ccccc2)c(C2CCN([C@@H]3COC4(CNC4)C3)CC2)c1. The summed E-state index contributed by atoms with van der Waals surface area (Å²) in [7, 11) is 0. The minimum absolute atomic E-state index is 0.0473. The molecular formula is C24H28F2N2O2. The number of halogens is 2. The van der Waals surface area contributed by atoms with Gasteiger partial charge in [-0.2, -0.15) is 0 Å². The van der Waals surface area contributed by atoms with Crippen LogP contribution >= 0.6 is 0 Å². The second-order valence-electron chi connectivity index (χ2n) is 8.85. The summed E-state index contributed by atoms with van der Waals surface area (Å²) in [6.45, 7) is 4.78. The first-order valence-electron chi connectivity index (χ1n) is 10.9. The van der Waals surface area contributed by atoms with Gasteiger partial charge < -0.3 is 14.8 Å². The predicted molar refractivity (Wildman–Crippen MR) is 111 cm³/mol. The monoisotopic (exact) mass is 414 g/mol. The lowest BCUT2D eigenvalue weighted by atomic mass is 9.86. The summed E-state index contributed by atoms with van der Waals surface area (Å²) in [6.07, 6.45) is 2.81. The lowest BCUT2D eigenvalue weighted by Crippen LogP contribution is -2.59. The Kier molecular flexibility index (Phi) is 5.48. The zero-order valence-electron chi connectivity index (χ0n) is 17.1. The number of hydrogen-bond acceptors (Lipinski definition) is 4. The Labute approximate surface area is 176 Å². The lowest BCUT2D eigenvalue weighted by molar-refractivity contribution is -0.0367. The summed E-state index contributed by atoms with van der Waals surface area (Å²) >= 11 is 0. The van der Waals surface area contributed by atoms with Gasteiger partial charge in [0, 0.05) is 30.8 Å². The second kappa shape index (κ2) is 8.25. The van der Waals surface area contributed by atoms with Crippen LogP contribution in [-0.2, 0) is 11.3 Å². The highest BCUT2D eigenvalue weighted by Crippen LogP contribution is 2.39. The van der Waals surface area contributed by atoms with Crippen molar-refractivity contribution in [1.82, 2.24) is 10.2 Å². The van der Waals surface area contributed by atoms with Crippen LogP contribution in [0.4, 0.5) is 8.78 Å². The van der Waals surface area contributed by atoms with Gasteiger partial charge in [0.1, 0.15) is 12.4 Å². The molecule has 0 aromatic heterocycles. The molecule has 0 amide bonds. The van der Waals surface area contributed by atoms with Crippen LogP contribution in [0, 0.1) is 11.6 Å². The summed E-state index contributed by atoms with van der Waals surface area (Å²) in [5.41, 5.74) is 1.67. The Bertz CT molecular complexity index is 880. The van der Waals surface area contributed by atoms with Gasteiger partial charge in [-0.3, -0.25) is 4.90 Å². The Morgan fingerprint density at radius 2 is 1.87 bits per heavy atom. The van der Waals surface area contributed by atoms with Gasteiger partial charge in [0.15, 0.2) is 11.6 Å². The molecule has 0 bridgehead atoms. The number of ether oxygens (including phenoxy) is 2. The van der Waals surface area contributed by atoms with Gasteiger partial charge in [-0.15, -0.1) is 0 Å². The number of hydrogen-bond donors (Lipinski definition) is 1. The minimum Gasteiger partial charge on any atom is -0.486 e. The molecule has 0 aliphatic carbocycles. The smallest absolute Gasteiger partial charge is 0.168 e. The number of nitrogens with one attached hydrogen (secondary N) is 1. The van der Waals surface area contributed by atoms with Crippen molar-refractivity contribution in [3.05, 3.63) is 65.2 Å². The quantitative estimate of drug-likeness (QED) is 0.806. The molecule has 3 saturated heterocycles. The van der Waals surface area contributed by atoms with Gasteiger partial charge in [0.2, 0.25) is 0 Å². The molecule has 1 N–H and O–H groups in total. The molecule has 3 aliphatic heterocycles. The van der Waals surface area contributed by atoms with E-state index in [1.54, 1.807) is 0 Å². The third-order valence-electron chi connectivity index (χ3n) is 6.83. The third kappa shape index (κ3) is 3.96. The molecular weight excluding hydrogens is 386 g/mol. The molecule has 2 aromatic rings. The molecule has 0 radical (unpaired) electrons. The Morgan fingerprint density at radius 1 is 1.10 bits per heavy atom. The van der Waals surface area contributed by atoms with E-state index in [2.05, 4.69) is 10.2 Å². The Balaban J connectivity index is 1.26. The first-order valence-corrected chi connectivity index (χ1v) is 10.9. The van der Waals surface area contributed by atoms with Crippen molar-refractivity contribution in [2.45, 2.75) is 43.4 Å². The predicted octanol–water partition coefficient (Wildman–Crippen LogP) is 3.85. The Morgan fingerprint density at radius 3 is 2.53 bits per heavy atom. The molecule has 5 rings (SSSR count). The largest absolute Gasteiger partial charge is 0.486 e. The van der Waals surface area contributed by atoms with Crippen molar-refractivity contribution in [1.29, 1.82) is 0 Å². The van der Waals surface area contributed by atoms with E-state index in [0.29, 0.717) is 11.6 Å². The number of rotatable bonds is 5. The van der Waals surface area contributed by atoms with E-state index in [9.17, 15) is 8.78 Å². The first-order chi connectivity index (χ1) is 14.6. The number of benzene rings is 2. The maximum absolute atomic E-state index is 14.6. The summed E-state index contributed by atoms with van der Waals surface area (Å²) in [5, 5.41) is 3.31. The van der Waals surface area contributed by atoms with Crippen molar-refractivity contribution in [2.24, 2.45) is 0 Å². The molecule has 4 nitrogen and oxygen atoms in total. The van der Waals surface area contributed by atoms with E-state index in [0.717, 1.165) is 63.7 Å². The third-order valence-corrected chi connectivity index (χ3v) is 6.83. The van der Waals surface area contributed by atoms with E-state index in [1.807, 2.05) is 30.3 Å². The van der Waals surface area contributed by atoms with Crippen LogP contribution in [0.1, 0.15) is 36.3 Å². The normalized spacial score (nSPS) is 24.1. The van der Waals surface area contributed by atoms with Gasteiger partial charge in [-0.1, -0.05) is 30.3 Å². The van der Waals surface area contributed by atoms with E-state index in [1.165, 1.54) is 6.07 Å². The number of piperidine rings is 1. The fraction of sp³-hybridized carbons (Fsp3) is 0.500. The molecule has 160 valence electrons. The zero-order valence-corrected chi connectivity index (χ0v) is 17.1. The first kappa shape index (κ1) is 19.9. The van der Waals surface area contributed by atoms with E-state index in [4.69, 9.17) is 9.47 Å². The number of likely N-dealkylation sites (tertiary alicyclic amines) is 1. The molecule has 0 saturated carbocycles. The summed E-state index contributed by atoms with van der Waals surface area (Å²) in [5.74, 6) is -0.867. The van der Waals surface area contributed by atoms with Crippen LogP contribution in [-0.4, -0.2) is 49.3 Å². The van der Waals surface area contributed by atoms with Gasteiger partial charge in [-0.05, 0) is 49.9 Å². The van der Waals surface area contributed by atoms with Crippen molar-refractivity contribution in [3.63, 3.8) is 0 Å². The maximum Gasteiger partial charge on any atom is 0.168 e. The second-order valence-corrected chi connectivity index (χ2v) is 8.85. The van der Waals surface area contributed by atoms with E-state index in [-0.39, 0.29) is 23.9 Å². The van der Waals surface area contributed by atoms with Crippen molar-refractivity contribution >= 4 is 0 Å². The molecule has 6 heteroatoms.